The topological polar surface area (TPSA) is 55.6 Å². The third kappa shape index (κ3) is 4.79. The molecule has 0 saturated heterocycles. The quantitative estimate of drug-likeness (QED) is 0.372. The zero-order valence-electron chi connectivity index (χ0n) is 17.5. The molecule has 0 N–H and O–H groups in total. The summed E-state index contributed by atoms with van der Waals surface area (Å²) in [6, 6.07) is 17.6. The van der Waals surface area contributed by atoms with Crippen LogP contribution in [0, 0.1) is 6.92 Å². The van der Waals surface area contributed by atoms with E-state index in [-0.39, 0.29) is 5.91 Å². The predicted molar refractivity (Wildman–Crippen MR) is 122 cm³/mol. The van der Waals surface area contributed by atoms with E-state index in [4.69, 9.17) is 25.7 Å². The minimum atomic E-state index is -0.114. The lowest BCUT2D eigenvalue weighted by molar-refractivity contribution is 0.0680. The van der Waals surface area contributed by atoms with E-state index in [1.54, 1.807) is 18.1 Å². The van der Waals surface area contributed by atoms with Gasteiger partial charge >= 0.3 is 0 Å². The Balaban J connectivity index is 1.80. The van der Waals surface area contributed by atoms with Crippen LogP contribution < -0.4 is 0 Å². The third-order valence-electron chi connectivity index (χ3n) is 5.13. The van der Waals surface area contributed by atoms with Crippen LogP contribution in [-0.2, 0) is 11.3 Å². The van der Waals surface area contributed by atoms with Crippen LogP contribution in [0.15, 0.2) is 71.5 Å². The maximum atomic E-state index is 13.1. The SMILES string of the molecule is COCCN(Cc1cc2ccc(Cl)cc2nc1-c1cccc(C)c1)C(=O)c1ccoc1. The van der Waals surface area contributed by atoms with Gasteiger partial charge in [0.05, 0.1) is 29.6 Å². The summed E-state index contributed by atoms with van der Waals surface area (Å²) in [5.74, 6) is -0.114. The van der Waals surface area contributed by atoms with Gasteiger partial charge in [-0.2, -0.15) is 0 Å². The standard InChI is InChI=1S/C25H23ClN2O3/c1-17-4-3-5-19(12-17)24-21(13-18-6-7-22(26)14-23(18)27-24)15-28(9-11-30-2)25(29)20-8-10-31-16-20/h3-8,10,12-14,16H,9,11,15H2,1-2H3. The molecule has 0 fully saturated rings. The van der Waals surface area contributed by atoms with Crippen LogP contribution in [0.3, 0.4) is 0 Å². The maximum Gasteiger partial charge on any atom is 0.257 e. The van der Waals surface area contributed by atoms with E-state index in [1.807, 2.05) is 30.3 Å². The molecular weight excluding hydrogens is 412 g/mol. The average molecular weight is 435 g/mol. The summed E-state index contributed by atoms with van der Waals surface area (Å²) in [4.78, 5) is 19.8. The second-order valence-electron chi connectivity index (χ2n) is 7.43. The number of carbonyl (C=O) groups excluding carboxylic acids is 1. The summed E-state index contributed by atoms with van der Waals surface area (Å²) in [5.41, 5.74) is 5.25. The molecule has 5 nitrogen and oxygen atoms in total. The lowest BCUT2D eigenvalue weighted by Crippen LogP contribution is -2.33. The molecule has 0 radical (unpaired) electrons. The number of hydrogen-bond acceptors (Lipinski definition) is 4. The molecule has 4 aromatic rings. The van der Waals surface area contributed by atoms with Crippen molar-refractivity contribution in [2.45, 2.75) is 13.5 Å². The van der Waals surface area contributed by atoms with Crippen LogP contribution in [0.4, 0.5) is 0 Å². The van der Waals surface area contributed by atoms with E-state index in [2.05, 4.69) is 25.1 Å². The first-order chi connectivity index (χ1) is 15.0. The number of nitrogens with zero attached hydrogens (tertiary/aromatic N) is 2. The second kappa shape index (κ2) is 9.33. The van der Waals surface area contributed by atoms with Crippen molar-refractivity contribution < 1.29 is 13.9 Å². The Morgan fingerprint density at radius 1 is 1.16 bits per heavy atom. The van der Waals surface area contributed by atoms with Crippen molar-refractivity contribution in [2.24, 2.45) is 0 Å². The van der Waals surface area contributed by atoms with Crippen molar-refractivity contribution in [2.75, 3.05) is 20.3 Å². The Morgan fingerprint density at radius 2 is 2.03 bits per heavy atom. The van der Waals surface area contributed by atoms with Crippen molar-refractivity contribution in [3.63, 3.8) is 0 Å². The molecule has 0 aliphatic rings. The van der Waals surface area contributed by atoms with Gasteiger partial charge in [0.25, 0.3) is 5.91 Å². The van der Waals surface area contributed by atoms with Gasteiger partial charge < -0.3 is 14.1 Å². The van der Waals surface area contributed by atoms with Gasteiger partial charge in [0.1, 0.15) is 6.26 Å². The molecule has 0 unspecified atom stereocenters. The Morgan fingerprint density at radius 3 is 2.77 bits per heavy atom. The van der Waals surface area contributed by atoms with Gasteiger partial charge in [0.2, 0.25) is 0 Å². The Labute approximate surface area is 186 Å². The van der Waals surface area contributed by atoms with Crippen LogP contribution in [0.5, 0.6) is 0 Å². The number of pyridine rings is 1. The van der Waals surface area contributed by atoms with E-state index >= 15 is 0 Å². The van der Waals surface area contributed by atoms with Gasteiger partial charge in [-0.1, -0.05) is 41.4 Å². The molecular formula is C25H23ClN2O3. The number of carbonyl (C=O) groups is 1. The van der Waals surface area contributed by atoms with E-state index in [9.17, 15) is 4.79 Å². The Hall–Kier alpha value is -3.15. The molecule has 31 heavy (non-hydrogen) atoms. The minimum Gasteiger partial charge on any atom is -0.472 e. The fourth-order valence-corrected chi connectivity index (χ4v) is 3.74. The summed E-state index contributed by atoms with van der Waals surface area (Å²) >= 11 is 6.21. The molecule has 0 aliphatic heterocycles. The van der Waals surface area contributed by atoms with Crippen molar-refractivity contribution in [1.82, 2.24) is 9.88 Å². The molecule has 6 heteroatoms. The first-order valence-corrected chi connectivity index (χ1v) is 10.4. The van der Waals surface area contributed by atoms with Gasteiger partial charge in [-0.25, -0.2) is 4.98 Å². The van der Waals surface area contributed by atoms with Crippen LogP contribution >= 0.6 is 11.6 Å². The largest absolute Gasteiger partial charge is 0.472 e. The number of amides is 1. The van der Waals surface area contributed by atoms with Crippen molar-refractivity contribution >= 4 is 28.4 Å². The van der Waals surface area contributed by atoms with Crippen LogP contribution in [0.1, 0.15) is 21.5 Å². The van der Waals surface area contributed by atoms with Gasteiger partial charge in [-0.15, -0.1) is 0 Å². The number of ether oxygens (including phenoxy) is 1. The fraction of sp³-hybridized carbons (Fsp3) is 0.200. The number of aryl methyl sites for hydroxylation is 1. The zero-order chi connectivity index (χ0) is 21.8. The molecule has 0 bridgehead atoms. The summed E-state index contributed by atoms with van der Waals surface area (Å²) in [6.45, 7) is 3.32. The number of methoxy groups -OCH3 is 1. The van der Waals surface area contributed by atoms with Gasteiger partial charge in [-0.3, -0.25) is 4.79 Å². The molecule has 1 amide bonds. The van der Waals surface area contributed by atoms with E-state index in [0.29, 0.717) is 30.3 Å². The molecule has 0 atom stereocenters. The monoisotopic (exact) mass is 434 g/mol. The molecule has 0 spiro atoms. The molecule has 2 aromatic heterocycles. The first kappa shape index (κ1) is 21.1. The van der Waals surface area contributed by atoms with E-state index in [1.165, 1.54) is 12.5 Å². The lowest BCUT2D eigenvalue weighted by atomic mass is 10.0. The number of furan rings is 1. The summed E-state index contributed by atoms with van der Waals surface area (Å²) in [7, 11) is 1.63. The minimum absolute atomic E-state index is 0.114. The highest BCUT2D eigenvalue weighted by Crippen LogP contribution is 2.29. The number of aromatic nitrogens is 1. The molecule has 2 heterocycles. The van der Waals surface area contributed by atoms with Crippen LogP contribution in [0.2, 0.25) is 5.02 Å². The van der Waals surface area contributed by atoms with Gasteiger partial charge in [0.15, 0.2) is 0 Å². The fourth-order valence-electron chi connectivity index (χ4n) is 3.58. The molecule has 4 rings (SSSR count). The lowest BCUT2D eigenvalue weighted by Gasteiger charge is -2.23. The van der Waals surface area contributed by atoms with Crippen LogP contribution in [-0.4, -0.2) is 36.1 Å². The summed E-state index contributed by atoms with van der Waals surface area (Å²) in [6.07, 6.45) is 2.96. The second-order valence-corrected chi connectivity index (χ2v) is 7.87. The average Bonchev–Trinajstić information content (AvgIpc) is 3.30. The Kier molecular flexibility index (Phi) is 6.35. The molecule has 158 valence electrons. The number of hydrogen-bond donors (Lipinski definition) is 0. The zero-order valence-corrected chi connectivity index (χ0v) is 18.2. The smallest absolute Gasteiger partial charge is 0.257 e. The molecule has 0 aliphatic carbocycles. The highest BCUT2D eigenvalue weighted by atomic mass is 35.5. The maximum absolute atomic E-state index is 13.1. The number of halogens is 1. The third-order valence-corrected chi connectivity index (χ3v) is 5.37. The van der Waals surface area contributed by atoms with Gasteiger partial charge in [0, 0.05) is 36.2 Å². The molecule has 2 aromatic carbocycles. The molecule has 0 saturated carbocycles. The van der Waals surface area contributed by atoms with Crippen LogP contribution in [0.25, 0.3) is 22.2 Å². The first-order valence-electron chi connectivity index (χ1n) is 10.0. The highest BCUT2D eigenvalue weighted by Gasteiger charge is 2.20. The van der Waals surface area contributed by atoms with E-state index in [0.717, 1.165) is 33.3 Å². The van der Waals surface area contributed by atoms with Gasteiger partial charge in [-0.05, 0) is 42.8 Å². The number of rotatable bonds is 7. The van der Waals surface area contributed by atoms with E-state index < -0.39 is 0 Å². The van der Waals surface area contributed by atoms with Crippen molar-refractivity contribution in [1.29, 1.82) is 0 Å². The predicted octanol–water partition coefficient (Wildman–Crippen LogP) is 5.75. The summed E-state index contributed by atoms with van der Waals surface area (Å²) < 4.78 is 10.4. The highest BCUT2D eigenvalue weighted by molar-refractivity contribution is 6.31. The Bertz CT molecular complexity index is 1200. The number of benzene rings is 2. The van der Waals surface area contributed by atoms with Crippen molar-refractivity contribution in [3.8, 4) is 11.3 Å². The van der Waals surface area contributed by atoms with Crippen molar-refractivity contribution in [3.05, 3.63) is 88.8 Å². The number of fused-ring (bicyclic) bond motifs is 1. The normalized spacial score (nSPS) is 11.1. The summed E-state index contributed by atoms with van der Waals surface area (Å²) in [5, 5.41) is 1.61.